The summed E-state index contributed by atoms with van der Waals surface area (Å²) in [7, 11) is 0. The van der Waals surface area contributed by atoms with Crippen LogP contribution in [-0.2, 0) is 4.74 Å². The third-order valence-electron chi connectivity index (χ3n) is 6.47. The van der Waals surface area contributed by atoms with Crippen LogP contribution in [0.25, 0.3) is 0 Å². The quantitative estimate of drug-likeness (QED) is 0.623. The van der Waals surface area contributed by atoms with Gasteiger partial charge >= 0.3 is 0 Å². The molecule has 28 heavy (non-hydrogen) atoms. The number of Topliss-reactive ketones (excluding diaryl/α,β-unsaturated/α-hetero) is 1. The van der Waals surface area contributed by atoms with E-state index in [1.807, 2.05) is 0 Å². The fraction of sp³-hybridized carbons (Fsp3) is 0.696. The number of fused-ring (bicyclic) bond motifs is 4. The van der Waals surface area contributed by atoms with E-state index in [2.05, 4.69) is 55.5 Å². The van der Waals surface area contributed by atoms with E-state index in [1.165, 1.54) is 24.8 Å². The van der Waals surface area contributed by atoms with Crippen molar-refractivity contribution in [1.82, 2.24) is 4.90 Å². The maximum atomic E-state index is 13.3. The van der Waals surface area contributed by atoms with Gasteiger partial charge in [-0.15, -0.1) is 0 Å². The lowest BCUT2D eigenvalue weighted by Crippen LogP contribution is -2.55. The maximum Gasteiger partial charge on any atom is 0.180 e. The molecule has 1 aromatic rings. The zero-order valence-corrected chi connectivity index (χ0v) is 18.4. The number of ketones is 1. The Labute approximate surface area is 173 Å². The number of ether oxygens (including phenoxy) is 1. The largest absolute Gasteiger partial charge is 0.378 e. The van der Waals surface area contributed by atoms with Crippen LogP contribution in [0.1, 0.15) is 68.8 Å². The molecular weight excluding hydrogens is 368 g/mol. The van der Waals surface area contributed by atoms with Crippen molar-refractivity contribution in [2.24, 2.45) is 11.8 Å². The van der Waals surface area contributed by atoms with Gasteiger partial charge in [0.05, 0.1) is 18.8 Å². The molecule has 1 saturated heterocycles. The van der Waals surface area contributed by atoms with E-state index in [0.717, 1.165) is 36.9 Å². The van der Waals surface area contributed by atoms with Gasteiger partial charge in [-0.3, -0.25) is 9.69 Å². The Hall–Kier alpha value is -1.04. The summed E-state index contributed by atoms with van der Waals surface area (Å²) in [6.07, 6.45) is 4.12. The molecule has 1 aliphatic heterocycles. The summed E-state index contributed by atoms with van der Waals surface area (Å²) in [4.78, 5) is 15.8. The number of hydrogen-bond donors (Lipinski definition) is 1. The summed E-state index contributed by atoms with van der Waals surface area (Å²) < 4.78 is 9.18. The monoisotopic (exact) mass is 402 g/mol. The second-order valence-electron chi connectivity index (χ2n) is 9.22. The molecule has 0 spiro atoms. The third-order valence-corrected chi connectivity index (χ3v) is 7.36. The van der Waals surface area contributed by atoms with Gasteiger partial charge < -0.3 is 9.46 Å². The van der Waals surface area contributed by atoms with E-state index < -0.39 is 0 Å². The fourth-order valence-electron chi connectivity index (χ4n) is 4.79. The number of carbonyl (C=O) groups is 1. The molecule has 0 radical (unpaired) electrons. The predicted molar refractivity (Wildman–Crippen MR) is 117 cm³/mol. The van der Waals surface area contributed by atoms with E-state index in [1.54, 1.807) is 11.9 Å². The topological polar surface area (TPSA) is 41.6 Å². The Morgan fingerprint density at radius 1 is 1.25 bits per heavy atom. The molecule has 0 aromatic heterocycles. The Bertz CT molecular complexity index is 719. The number of likely N-dealkylation sites (tertiary alicyclic amines) is 1. The zero-order valence-electron chi connectivity index (χ0n) is 17.6. The van der Waals surface area contributed by atoms with Crippen molar-refractivity contribution in [2.45, 2.75) is 70.3 Å². The number of rotatable bonds is 8. The van der Waals surface area contributed by atoms with Crippen LogP contribution in [0.4, 0.5) is 5.69 Å². The summed E-state index contributed by atoms with van der Waals surface area (Å²) in [6, 6.07) is 6.44. The number of anilines is 1. The van der Waals surface area contributed by atoms with Crippen LogP contribution in [0, 0.1) is 11.8 Å². The Kier molecular flexibility index (Phi) is 6.05. The number of hydrogen-bond acceptors (Lipinski definition) is 5. The standard InChI is InChI=1S/C23H34N2O2S/c1-14(2)27-13-15(3)28-24-18-7-8-20-21(11-18)19-9-10-25(12-17-5-6-17)22(16(19)4)23(20)26/h7-8,11,14-17,19,22,24H,5-6,9-10,12-13H2,1-4H3/t15?,16-,19-,22?/m1/s1. The van der Waals surface area contributed by atoms with Gasteiger partial charge in [0.15, 0.2) is 5.78 Å². The number of nitrogens with zero attached hydrogens (tertiary/aromatic N) is 1. The first kappa shape index (κ1) is 20.2. The summed E-state index contributed by atoms with van der Waals surface area (Å²) in [5.74, 6) is 2.09. The van der Waals surface area contributed by atoms with Gasteiger partial charge in [0.2, 0.25) is 0 Å². The normalized spacial score (nSPS) is 28.3. The molecule has 4 nitrogen and oxygen atoms in total. The highest BCUT2D eigenvalue weighted by atomic mass is 32.2. The molecule has 3 aliphatic rings. The predicted octanol–water partition coefficient (Wildman–Crippen LogP) is 4.96. The second kappa shape index (κ2) is 8.37. The molecule has 4 rings (SSSR count). The van der Waals surface area contributed by atoms with Crippen LogP contribution < -0.4 is 4.72 Å². The molecule has 2 unspecified atom stereocenters. The SMILES string of the molecule is CC(C)OCC(C)SNc1ccc2c(c1)[C@@H]1CCN(CC3CC3)C(C2=O)[C@@H]1C. The van der Waals surface area contributed by atoms with Crippen LogP contribution in [0.3, 0.4) is 0 Å². The Morgan fingerprint density at radius 2 is 2.04 bits per heavy atom. The van der Waals surface area contributed by atoms with E-state index >= 15 is 0 Å². The van der Waals surface area contributed by atoms with E-state index in [-0.39, 0.29) is 12.1 Å². The van der Waals surface area contributed by atoms with Crippen molar-refractivity contribution >= 4 is 23.4 Å². The minimum atomic E-state index is 0.0910. The lowest BCUT2D eigenvalue weighted by molar-refractivity contribution is 0.0491. The molecule has 1 aromatic carbocycles. The number of nitrogens with one attached hydrogen (secondary N) is 1. The molecule has 2 fully saturated rings. The van der Waals surface area contributed by atoms with Crippen LogP contribution in [0.5, 0.6) is 0 Å². The van der Waals surface area contributed by atoms with E-state index in [9.17, 15) is 4.79 Å². The summed E-state index contributed by atoms with van der Waals surface area (Å²) in [5.41, 5.74) is 3.32. The summed E-state index contributed by atoms with van der Waals surface area (Å²) >= 11 is 1.69. The second-order valence-corrected chi connectivity index (χ2v) is 10.5. The third kappa shape index (κ3) is 4.27. The van der Waals surface area contributed by atoms with Crippen LogP contribution in [-0.4, -0.2) is 47.8 Å². The Morgan fingerprint density at radius 3 is 2.75 bits per heavy atom. The smallest absolute Gasteiger partial charge is 0.180 e. The van der Waals surface area contributed by atoms with Gasteiger partial charge in [-0.25, -0.2) is 0 Å². The minimum Gasteiger partial charge on any atom is -0.378 e. The molecule has 1 saturated carbocycles. The number of piperidine rings is 1. The first-order chi connectivity index (χ1) is 13.4. The maximum absolute atomic E-state index is 13.3. The minimum absolute atomic E-state index is 0.0910. The van der Waals surface area contributed by atoms with Crippen LogP contribution in [0.2, 0.25) is 0 Å². The first-order valence-corrected chi connectivity index (χ1v) is 11.8. The Balaban J connectivity index is 1.46. The van der Waals surface area contributed by atoms with Gasteiger partial charge in [-0.1, -0.05) is 6.92 Å². The van der Waals surface area contributed by atoms with Gasteiger partial charge in [-0.05, 0) is 100 Å². The van der Waals surface area contributed by atoms with Crippen molar-refractivity contribution in [2.75, 3.05) is 24.4 Å². The highest BCUT2D eigenvalue weighted by molar-refractivity contribution is 8.01. The molecular formula is C23H34N2O2S. The number of carbonyl (C=O) groups excluding carboxylic acids is 1. The highest BCUT2D eigenvalue weighted by Gasteiger charge is 2.46. The summed E-state index contributed by atoms with van der Waals surface area (Å²) in [5, 5.41) is 0.369. The lowest BCUT2D eigenvalue weighted by Gasteiger charge is -2.47. The van der Waals surface area contributed by atoms with Gasteiger partial charge in [-0.2, -0.15) is 0 Å². The molecule has 1 heterocycles. The van der Waals surface area contributed by atoms with Crippen molar-refractivity contribution in [3.63, 3.8) is 0 Å². The van der Waals surface area contributed by atoms with Crippen molar-refractivity contribution in [3.05, 3.63) is 29.3 Å². The average molecular weight is 403 g/mol. The summed E-state index contributed by atoms with van der Waals surface area (Å²) in [6.45, 7) is 11.5. The van der Waals surface area contributed by atoms with Gasteiger partial charge in [0, 0.05) is 23.0 Å². The van der Waals surface area contributed by atoms with Crippen LogP contribution >= 0.6 is 11.9 Å². The average Bonchev–Trinajstić information content (AvgIpc) is 3.47. The zero-order chi connectivity index (χ0) is 19.8. The first-order valence-electron chi connectivity index (χ1n) is 10.9. The molecule has 2 aliphatic carbocycles. The van der Waals surface area contributed by atoms with Crippen molar-refractivity contribution in [1.29, 1.82) is 0 Å². The van der Waals surface area contributed by atoms with Gasteiger partial charge in [0.25, 0.3) is 0 Å². The molecule has 1 N–H and O–H groups in total. The van der Waals surface area contributed by atoms with Crippen LogP contribution in [0.15, 0.2) is 18.2 Å². The van der Waals surface area contributed by atoms with E-state index in [0.29, 0.717) is 22.9 Å². The molecule has 154 valence electrons. The molecule has 4 atom stereocenters. The van der Waals surface area contributed by atoms with E-state index in [4.69, 9.17) is 4.74 Å². The fourth-order valence-corrected chi connectivity index (χ4v) is 5.40. The number of benzene rings is 1. The molecule has 0 amide bonds. The lowest BCUT2D eigenvalue weighted by atomic mass is 9.68. The van der Waals surface area contributed by atoms with Crippen molar-refractivity contribution in [3.8, 4) is 0 Å². The highest BCUT2D eigenvalue weighted by Crippen LogP contribution is 2.46. The van der Waals surface area contributed by atoms with Crippen molar-refractivity contribution < 1.29 is 9.53 Å². The molecule has 5 heteroatoms. The molecule has 2 bridgehead atoms. The van der Waals surface area contributed by atoms with Gasteiger partial charge in [0.1, 0.15) is 0 Å².